The van der Waals surface area contributed by atoms with Gasteiger partial charge in [-0.25, -0.2) is 4.79 Å². The van der Waals surface area contributed by atoms with E-state index in [2.05, 4.69) is 9.64 Å². The van der Waals surface area contributed by atoms with Gasteiger partial charge in [0.15, 0.2) is 11.5 Å². The van der Waals surface area contributed by atoms with Crippen molar-refractivity contribution in [3.8, 4) is 17.6 Å². The summed E-state index contributed by atoms with van der Waals surface area (Å²) >= 11 is 0. The summed E-state index contributed by atoms with van der Waals surface area (Å²) in [5.74, 6) is 0.481. The molecule has 0 N–H and O–H groups in total. The van der Waals surface area contributed by atoms with Gasteiger partial charge in [0.25, 0.3) is 0 Å². The molecule has 1 fully saturated rings. The first kappa shape index (κ1) is 18.8. The third-order valence-corrected chi connectivity index (χ3v) is 3.79. The lowest BCUT2D eigenvalue weighted by Crippen LogP contribution is -2.38. The Morgan fingerprint density at radius 2 is 2.08 bits per heavy atom. The minimum Gasteiger partial charge on any atom is -0.493 e. The van der Waals surface area contributed by atoms with Crippen molar-refractivity contribution in [1.82, 2.24) is 4.90 Å². The van der Waals surface area contributed by atoms with E-state index in [-0.39, 0.29) is 5.57 Å². The summed E-state index contributed by atoms with van der Waals surface area (Å²) in [6.07, 6.45) is 1.45. The van der Waals surface area contributed by atoms with Gasteiger partial charge in [0.2, 0.25) is 0 Å². The summed E-state index contributed by atoms with van der Waals surface area (Å²) in [5, 5.41) is 9.02. The maximum atomic E-state index is 11.5. The number of carbonyl (C=O) groups excluding carboxylic acids is 1. The molecular weight excluding hydrogens is 324 g/mol. The van der Waals surface area contributed by atoms with E-state index in [1.165, 1.54) is 13.2 Å². The highest BCUT2D eigenvalue weighted by molar-refractivity contribution is 5.97. The number of carbonyl (C=O) groups is 1. The summed E-state index contributed by atoms with van der Waals surface area (Å²) in [7, 11) is 2.78. The molecule has 2 rings (SSSR count). The maximum absolute atomic E-state index is 11.5. The van der Waals surface area contributed by atoms with Crippen molar-refractivity contribution >= 4 is 12.0 Å². The van der Waals surface area contributed by atoms with Crippen LogP contribution >= 0.6 is 0 Å². The van der Waals surface area contributed by atoms with E-state index >= 15 is 0 Å². The van der Waals surface area contributed by atoms with Crippen LogP contribution in [0.2, 0.25) is 0 Å². The summed E-state index contributed by atoms with van der Waals surface area (Å²) in [4.78, 5) is 13.8. The van der Waals surface area contributed by atoms with Crippen LogP contribution in [0.5, 0.6) is 11.5 Å². The van der Waals surface area contributed by atoms with Crippen molar-refractivity contribution in [2.75, 3.05) is 53.7 Å². The second kappa shape index (κ2) is 9.67. The predicted octanol–water partition coefficient (Wildman–Crippen LogP) is 1.49. The lowest BCUT2D eigenvalue weighted by Gasteiger charge is -2.26. The van der Waals surface area contributed by atoms with Crippen molar-refractivity contribution in [2.24, 2.45) is 0 Å². The third-order valence-electron chi connectivity index (χ3n) is 3.79. The molecule has 0 amide bonds. The van der Waals surface area contributed by atoms with Crippen LogP contribution in [0.25, 0.3) is 6.08 Å². The van der Waals surface area contributed by atoms with E-state index in [1.54, 1.807) is 25.3 Å². The first-order valence-corrected chi connectivity index (χ1v) is 7.99. The van der Waals surface area contributed by atoms with Crippen LogP contribution in [-0.2, 0) is 14.3 Å². The number of ether oxygens (including phenoxy) is 4. The number of esters is 1. The third kappa shape index (κ3) is 5.48. The molecule has 1 saturated heterocycles. The molecule has 0 unspecified atom stereocenters. The Morgan fingerprint density at radius 3 is 2.72 bits per heavy atom. The number of nitriles is 1. The number of hydrogen-bond donors (Lipinski definition) is 0. The predicted molar refractivity (Wildman–Crippen MR) is 91.4 cm³/mol. The van der Waals surface area contributed by atoms with E-state index in [9.17, 15) is 4.79 Å². The molecule has 134 valence electrons. The van der Waals surface area contributed by atoms with Crippen LogP contribution < -0.4 is 9.47 Å². The summed E-state index contributed by atoms with van der Waals surface area (Å²) in [5.41, 5.74) is 0.574. The molecule has 0 atom stereocenters. The van der Waals surface area contributed by atoms with E-state index in [1.807, 2.05) is 6.07 Å². The zero-order valence-electron chi connectivity index (χ0n) is 14.5. The van der Waals surface area contributed by atoms with E-state index in [0.29, 0.717) is 23.7 Å². The van der Waals surface area contributed by atoms with Crippen molar-refractivity contribution in [2.45, 2.75) is 0 Å². The normalized spacial score (nSPS) is 15.3. The fraction of sp³-hybridized carbons (Fsp3) is 0.444. The summed E-state index contributed by atoms with van der Waals surface area (Å²) in [6, 6.07) is 7.05. The molecule has 25 heavy (non-hydrogen) atoms. The Morgan fingerprint density at radius 1 is 1.32 bits per heavy atom. The van der Waals surface area contributed by atoms with Crippen molar-refractivity contribution in [3.63, 3.8) is 0 Å². The van der Waals surface area contributed by atoms with Crippen LogP contribution in [-0.4, -0.2) is 64.5 Å². The molecule has 7 nitrogen and oxygen atoms in total. The van der Waals surface area contributed by atoms with Crippen LogP contribution in [0.1, 0.15) is 5.56 Å². The Labute approximate surface area is 147 Å². The highest BCUT2D eigenvalue weighted by atomic mass is 16.5. The molecule has 1 aromatic rings. The van der Waals surface area contributed by atoms with Gasteiger partial charge in [-0.2, -0.15) is 5.26 Å². The number of nitrogens with zero attached hydrogens (tertiary/aromatic N) is 2. The smallest absolute Gasteiger partial charge is 0.348 e. The van der Waals surface area contributed by atoms with Gasteiger partial charge in [0.1, 0.15) is 18.2 Å². The van der Waals surface area contributed by atoms with Crippen molar-refractivity contribution in [3.05, 3.63) is 29.3 Å². The van der Waals surface area contributed by atoms with Gasteiger partial charge >= 0.3 is 5.97 Å². The first-order chi connectivity index (χ1) is 12.2. The van der Waals surface area contributed by atoms with Gasteiger partial charge in [-0.15, -0.1) is 0 Å². The van der Waals surface area contributed by atoms with E-state index in [4.69, 9.17) is 19.5 Å². The minimum atomic E-state index is -0.674. The van der Waals surface area contributed by atoms with Crippen LogP contribution in [0.15, 0.2) is 23.8 Å². The molecule has 7 heteroatoms. The average Bonchev–Trinajstić information content (AvgIpc) is 2.67. The van der Waals surface area contributed by atoms with Gasteiger partial charge in [-0.05, 0) is 23.8 Å². The van der Waals surface area contributed by atoms with Crippen molar-refractivity contribution in [1.29, 1.82) is 5.26 Å². The fourth-order valence-electron chi connectivity index (χ4n) is 2.42. The second-order valence-corrected chi connectivity index (χ2v) is 5.37. The highest BCUT2D eigenvalue weighted by Gasteiger charge is 2.12. The molecule has 0 bridgehead atoms. The number of hydrogen-bond acceptors (Lipinski definition) is 7. The fourth-order valence-corrected chi connectivity index (χ4v) is 2.42. The monoisotopic (exact) mass is 346 g/mol. The largest absolute Gasteiger partial charge is 0.493 e. The first-order valence-electron chi connectivity index (χ1n) is 7.99. The number of rotatable bonds is 7. The molecule has 1 aliphatic rings. The zero-order valence-corrected chi connectivity index (χ0v) is 14.5. The quantitative estimate of drug-likeness (QED) is 0.420. The Kier molecular flexibility index (Phi) is 7.26. The molecule has 1 heterocycles. The molecule has 1 aliphatic heterocycles. The van der Waals surface area contributed by atoms with E-state index < -0.39 is 5.97 Å². The zero-order chi connectivity index (χ0) is 18.1. The van der Waals surface area contributed by atoms with Gasteiger partial charge in [-0.3, -0.25) is 4.90 Å². The Bertz CT molecular complexity index is 660. The molecule has 0 saturated carbocycles. The van der Waals surface area contributed by atoms with Gasteiger partial charge < -0.3 is 18.9 Å². The maximum Gasteiger partial charge on any atom is 0.348 e. The molecule has 1 aromatic carbocycles. The number of methoxy groups -OCH3 is 2. The Balaban J connectivity index is 2.02. The molecule has 0 radical (unpaired) electrons. The van der Waals surface area contributed by atoms with Crippen molar-refractivity contribution < 1.29 is 23.7 Å². The topological polar surface area (TPSA) is 81.0 Å². The summed E-state index contributed by atoms with van der Waals surface area (Å²) < 4.78 is 21.0. The second-order valence-electron chi connectivity index (χ2n) is 5.37. The Hall–Kier alpha value is -2.56. The number of benzene rings is 1. The van der Waals surface area contributed by atoms with Gasteiger partial charge in [0, 0.05) is 19.6 Å². The average molecular weight is 346 g/mol. The van der Waals surface area contributed by atoms with Gasteiger partial charge in [0.05, 0.1) is 27.4 Å². The lowest BCUT2D eigenvalue weighted by atomic mass is 10.1. The minimum absolute atomic E-state index is 0.0782. The highest BCUT2D eigenvalue weighted by Crippen LogP contribution is 2.29. The van der Waals surface area contributed by atoms with E-state index in [0.717, 1.165) is 32.8 Å². The molecule has 0 aromatic heterocycles. The van der Waals surface area contributed by atoms with Crippen LogP contribution in [0.4, 0.5) is 0 Å². The van der Waals surface area contributed by atoms with Gasteiger partial charge in [-0.1, -0.05) is 6.07 Å². The standard InChI is InChI=1S/C18H22N2O5/c1-22-17-12-14(11-15(13-19)18(21)23-2)3-4-16(17)25-10-7-20-5-8-24-9-6-20/h3-4,11-12H,5-10H2,1-2H3. The number of morpholine rings is 1. The summed E-state index contributed by atoms with van der Waals surface area (Å²) in [6.45, 7) is 4.69. The molecule has 0 spiro atoms. The van der Waals surface area contributed by atoms with Crippen LogP contribution in [0.3, 0.4) is 0 Å². The van der Waals surface area contributed by atoms with Crippen LogP contribution in [0, 0.1) is 11.3 Å². The molecular formula is C18H22N2O5. The SMILES string of the molecule is COC(=O)C(C#N)=Cc1ccc(OCCN2CCOCC2)c(OC)c1. The molecule has 0 aliphatic carbocycles. The lowest BCUT2D eigenvalue weighted by molar-refractivity contribution is -0.135.